The van der Waals surface area contributed by atoms with Gasteiger partial charge in [0, 0.05) is 30.1 Å². The standard InChI is InChI=1S/C18H19N7S/c1-9-8-19-25-10(2)5-15(21-17(9)25)16-7-14(22-24(16)4)12-6-13(12)18-20-11(3)23-26-18/h5,7-8,12-13H,6H2,1-4H3. The summed E-state index contributed by atoms with van der Waals surface area (Å²) in [6.45, 7) is 6.03. The molecule has 5 rings (SSSR count). The third-order valence-corrected chi connectivity index (χ3v) is 5.95. The van der Waals surface area contributed by atoms with Crippen molar-refractivity contribution in [2.24, 2.45) is 7.05 Å². The lowest BCUT2D eigenvalue weighted by Gasteiger charge is -2.05. The van der Waals surface area contributed by atoms with Crippen molar-refractivity contribution < 1.29 is 0 Å². The van der Waals surface area contributed by atoms with Crippen molar-refractivity contribution in [3.63, 3.8) is 0 Å². The number of hydrogen-bond donors (Lipinski definition) is 0. The molecule has 0 bridgehead atoms. The molecule has 26 heavy (non-hydrogen) atoms. The van der Waals surface area contributed by atoms with Gasteiger partial charge < -0.3 is 0 Å². The van der Waals surface area contributed by atoms with Crippen LogP contribution >= 0.6 is 11.5 Å². The Morgan fingerprint density at radius 2 is 1.96 bits per heavy atom. The summed E-state index contributed by atoms with van der Waals surface area (Å²) in [6.07, 6.45) is 2.95. The van der Waals surface area contributed by atoms with E-state index in [-0.39, 0.29) is 0 Å². The van der Waals surface area contributed by atoms with Gasteiger partial charge in [0.15, 0.2) is 5.65 Å². The van der Waals surface area contributed by atoms with Crippen LogP contribution in [0.15, 0.2) is 18.3 Å². The van der Waals surface area contributed by atoms with Crippen LogP contribution in [0.1, 0.15) is 46.0 Å². The van der Waals surface area contributed by atoms with Crippen molar-refractivity contribution in [2.75, 3.05) is 0 Å². The van der Waals surface area contributed by atoms with Gasteiger partial charge in [0.25, 0.3) is 0 Å². The Morgan fingerprint density at radius 1 is 1.12 bits per heavy atom. The van der Waals surface area contributed by atoms with Gasteiger partial charge in [-0.2, -0.15) is 14.6 Å². The van der Waals surface area contributed by atoms with Crippen molar-refractivity contribution in [1.82, 2.24) is 33.7 Å². The van der Waals surface area contributed by atoms with E-state index >= 15 is 0 Å². The van der Waals surface area contributed by atoms with Gasteiger partial charge in [-0.1, -0.05) is 0 Å². The first kappa shape index (κ1) is 15.6. The van der Waals surface area contributed by atoms with E-state index in [2.05, 4.69) is 33.5 Å². The first-order valence-corrected chi connectivity index (χ1v) is 9.45. The van der Waals surface area contributed by atoms with Crippen molar-refractivity contribution >= 4 is 17.2 Å². The zero-order valence-electron chi connectivity index (χ0n) is 15.1. The molecule has 4 aromatic heterocycles. The van der Waals surface area contributed by atoms with Gasteiger partial charge in [0.05, 0.1) is 23.3 Å². The molecule has 0 amide bonds. The summed E-state index contributed by atoms with van der Waals surface area (Å²) < 4.78 is 8.12. The minimum atomic E-state index is 0.434. The molecule has 4 aromatic rings. The second-order valence-corrected chi connectivity index (χ2v) is 7.84. The molecule has 0 N–H and O–H groups in total. The van der Waals surface area contributed by atoms with Crippen molar-refractivity contribution in [3.8, 4) is 11.4 Å². The van der Waals surface area contributed by atoms with Crippen molar-refractivity contribution in [1.29, 1.82) is 0 Å². The molecule has 4 heterocycles. The molecular weight excluding hydrogens is 346 g/mol. The summed E-state index contributed by atoms with van der Waals surface area (Å²) in [4.78, 5) is 9.36. The van der Waals surface area contributed by atoms with E-state index < -0.39 is 0 Å². The lowest BCUT2D eigenvalue weighted by Crippen LogP contribution is -2.01. The van der Waals surface area contributed by atoms with Gasteiger partial charge in [0.1, 0.15) is 10.8 Å². The molecule has 0 aromatic carbocycles. The van der Waals surface area contributed by atoms with E-state index in [0.717, 1.165) is 51.2 Å². The lowest BCUT2D eigenvalue weighted by molar-refractivity contribution is 0.744. The van der Waals surface area contributed by atoms with Crippen molar-refractivity contribution in [2.45, 2.75) is 39.0 Å². The molecule has 0 aliphatic heterocycles. The molecule has 1 saturated carbocycles. The Labute approximate surface area is 154 Å². The van der Waals surface area contributed by atoms with Crippen LogP contribution < -0.4 is 0 Å². The average Bonchev–Trinajstić information content (AvgIpc) is 2.91. The summed E-state index contributed by atoms with van der Waals surface area (Å²) in [6, 6.07) is 4.24. The predicted octanol–water partition coefficient (Wildman–Crippen LogP) is 3.18. The summed E-state index contributed by atoms with van der Waals surface area (Å²) in [5.74, 6) is 1.75. The molecule has 2 atom stereocenters. The topological polar surface area (TPSA) is 73.8 Å². The Morgan fingerprint density at radius 3 is 2.73 bits per heavy atom. The van der Waals surface area contributed by atoms with Crippen LogP contribution in [0.2, 0.25) is 0 Å². The smallest absolute Gasteiger partial charge is 0.158 e. The summed E-state index contributed by atoms with van der Waals surface area (Å²) in [5.41, 5.74) is 6.12. The zero-order valence-corrected chi connectivity index (χ0v) is 15.9. The summed E-state index contributed by atoms with van der Waals surface area (Å²) in [5, 5.41) is 10.3. The highest BCUT2D eigenvalue weighted by Crippen LogP contribution is 2.54. The van der Waals surface area contributed by atoms with Gasteiger partial charge >= 0.3 is 0 Å². The highest BCUT2D eigenvalue weighted by atomic mass is 32.1. The van der Waals surface area contributed by atoms with Gasteiger partial charge in [-0.15, -0.1) is 0 Å². The number of aryl methyl sites for hydroxylation is 4. The number of fused-ring (bicyclic) bond motifs is 1. The van der Waals surface area contributed by atoms with Gasteiger partial charge in [-0.3, -0.25) is 4.68 Å². The second kappa shape index (κ2) is 5.44. The molecule has 1 aliphatic carbocycles. The van der Waals surface area contributed by atoms with Crippen LogP contribution in [0, 0.1) is 20.8 Å². The van der Waals surface area contributed by atoms with E-state index in [1.165, 1.54) is 11.5 Å². The number of rotatable bonds is 3. The number of hydrogen-bond acceptors (Lipinski definition) is 6. The van der Waals surface area contributed by atoms with Crippen LogP contribution in [-0.4, -0.2) is 33.7 Å². The molecule has 1 aliphatic rings. The summed E-state index contributed by atoms with van der Waals surface area (Å²) >= 11 is 1.51. The number of nitrogens with zero attached hydrogens (tertiary/aromatic N) is 7. The maximum Gasteiger partial charge on any atom is 0.158 e. The molecule has 132 valence electrons. The number of aromatic nitrogens is 7. The third kappa shape index (κ3) is 2.36. The molecular formula is C18H19N7S. The minimum Gasteiger partial charge on any atom is -0.266 e. The molecule has 0 spiro atoms. The molecule has 0 saturated heterocycles. The molecule has 1 fully saturated rings. The third-order valence-electron chi connectivity index (χ3n) is 5.02. The highest BCUT2D eigenvalue weighted by Gasteiger charge is 2.43. The fraction of sp³-hybridized carbons (Fsp3) is 0.389. The Kier molecular flexibility index (Phi) is 3.27. The zero-order chi connectivity index (χ0) is 18.0. The Hall–Kier alpha value is -2.61. The fourth-order valence-corrected chi connectivity index (χ4v) is 4.36. The maximum atomic E-state index is 4.82. The highest BCUT2D eigenvalue weighted by molar-refractivity contribution is 7.05. The maximum absolute atomic E-state index is 4.82. The van der Waals surface area contributed by atoms with Gasteiger partial charge in [0.2, 0.25) is 0 Å². The molecule has 8 heteroatoms. The van der Waals surface area contributed by atoms with E-state index in [9.17, 15) is 0 Å². The van der Waals surface area contributed by atoms with Crippen molar-refractivity contribution in [3.05, 3.63) is 46.1 Å². The molecule has 0 radical (unpaired) electrons. The van der Waals surface area contributed by atoms with E-state index in [1.807, 2.05) is 36.3 Å². The van der Waals surface area contributed by atoms with Crippen LogP contribution in [0.3, 0.4) is 0 Å². The Balaban J connectivity index is 1.51. The first-order valence-electron chi connectivity index (χ1n) is 8.68. The predicted molar refractivity (Wildman–Crippen MR) is 99.4 cm³/mol. The van der Waals surface area contributed by atoms with Crippen LogP contribution in [0.25, 0.3) is 17.0 Å². The minimum absolute atomic E-state index is 0.434. The lowest BCUT2D eigenvalue weighted by atomic mass is 10.2. The van der Waals surface area contributed by atoms with Gasteiger partial charge in [-0.25, -0.2) is 14.5 Å². The SMILES string of the molecule is Cc1nsc(C2CC2c2cc(-c3cc(C)n4ncc(C)c4n3)n(C)n2)n1. The quantitative estimate of drug-likeness (QED) is 0.557. The van der Waals surface area contributed by atoms with Gasteiger partial charge in [-0.05, 0) is 50.9 Å². The molecule has 2 unspecified atom stereocenters. The van der Waals surface area contributed by atoms with Crippen LogP contribution in [-0.2, 0) is 7.05 Å². The largest absolute Gasteiger partial charge is 0.266 e. The first-order chi connectivity index (χ1) is 12.5. The van der Waals surface area contributed by atoms with Crippen LogP contribution in [0.5, 0.6) is 0 Å². The Bertz CT molecular complexity index is 1140. The monoisotopic (exact) mass is 365 g/mol. The van der Waals surface area contributed by atoms with E-state index in [0.29, 0.717) is 11.8 Å². The second-order valence-electron chi connectivity index (χ2n) is 7.05. The fourth-order valence-electron chi connectivity index (χ4n) is 3.52. The van der Waals surface area contributed by atoms with E-state index in [4.69, 9.17) is 10.1 Å². The van der Waals surface area contributed by atoms with Crippen LogP contribution in [0.4, 0.5) is 0 Å². The summed E-state index contributed by atoms with van der Waals surface area (Å²) in [7, 11) is 1.98. The van der Waals surface area contributed by atoms with E-state index in [1.54, 1.807) is 0 Å². The average molecular weight is 365 g/mol. The normalized spacial score (nSPS) is 19.4. The molecule has 7 nitrogen and oxygen atoms in total.